The van der Waals surface area contributed by atoms with Crippen molar-refractivity contribution in [2.75, 3.05) is 0 Å². The number of amides is 1. The lowest BCUT2D eigenvalue weighted by molar-refractivity contribution is -0.123. The van der Waals surface area contributed by atoms with Gasteiger partial charge >= 0.3 is 0 Å². The molecule has 1 unspecified atom stereocenters. The molecular formula is C10H17NO2. The van der Waals surface area contributed by atoms with Crippen LogP contribution in [0.3, 0.4) is 0 Å². The van der Waals surface area contributed by atoms with Crippen LogP contribution < -0.4 is 5.32 Å². The SMILES string of the molecule is CCCC(=O)NC1CCCC(=O)C1. The Labute approximate surface area is 78.9 Å². The molecule has 1 rings (SSSR count). The zero-order chi connectivity index (χ0) is 9.68. The Kier molecular flexibility index (Phi) is 3.93. The van der Waals surface area contributed by atoms with Gasteiger partial charge in [0.1, 0.15) is 5.78 Å². The Hall–Kier alpha value is -0.860. The number of hydrogen-bond acceptors (Lipinski definition) is 2. The normalized spacial score (nSPS) is 22.8. The average Bonchev–Trinajstić information content (AvgIpc) is 2.04. The van der Waals surface area contributed by atoms with E-state index in [2.05, 4.69) is 5.32 Å². The Morgan fingerprint density at radius 2 is 2.38 bits per heavy atom. The molecule has 0 spiro atoms. The van der Waals surface area contributed by atoms with Crippen molar-refractivity contribution in [2.45, 2.75) is 51.5 Å². The van der Waals surface area contributed by atoms with Crippen LogP contribution in [0.5, 0.6) is 0 Å². The Balaban J connectivity index is 2.27. The van der Waals surface area contributed by atoms with Crippen LogP contribution in [-0.2, 0) is 9.59 Å². The third-order valence-corrected chi connectivity index (χ3v) is 2.32. The summed E-state index contributed by atoms with van der Waals surface area (Å²) >= 11 is 0. The van der Waals surface area contributed by atoms with Gasteiger partial charge in [-0.1, -0.05) is 6.92 Å². The minimum absolute atomic E-state index is 0.0854. The third-order valence-electron chi connectivity index (χ3n) is 2.32. The predicted octanol–water partition coefficient (Wildman–Crippen LogP) is 1.41. The summed E-state index contributed by atoms with van der Waals surface area (Å²) < 4.78 is 0. The highest BCUT2D eigenvalue weighted by Crippen LogP contribution is 2.14. The van der Waals surface area contributed by atoms with E-state index in [9.17, 15) is 9.59 Å². The molecule has 0 radical (unpaired) electrons. The zero-order valence-corrected chi connectivity index (χ0v) is 8.14. The summed E-state index contributed by atoms with van der Waals surface area (Å²) in [6.07, 6.45) is 4.56. The largest absolute Gasteiger partial charge is 0.353 e. The first-order valence-corrected chi connectivity index (χ1v) is 5.03. The molecule has 1 atom stereocenters. The van der Waals surface area contributed by atoms with Crippen LogP contribution in [0, 0.1) is 0 Å². The highest BCUT2D eigenvalue weighted by atomic mass is 16.1. The van der Waals surface area contributed by atoms with Crippen molar-refractivity contribution in [3.8, 4) is 0 Å². The number of ketones is 1. The van der Waals surface area contributed by atoms with Crippen LogP contribution in [0.4, 0.5) is 0 Å². The summed E-state index contributed by atoms with van der Waals surface area (Å²) in [6.45, 7) is 1.98. The molecular weight excluding hydrogens is 166 g/mol. The first-order valence-electron chi connectivity index (χ1n) is 5.03. The van der Waals surface area contributed by atoms with E-state index in [-0.39, 0.29) is 17.7 Å². The molecule has 1 aliphatic carbocycles. The highest BCUT2D eigenvalue weighted by molar-refractivity contribution is 5.81. The fourth-order valence-corrected chi connectivity index (χ4v) is 1.67. The van der Waals surface area contributed by atoms with Crippen molar-refractivity contribution in [2.24, 2.45) is 0 Å². The summed E-state index contributed by atoms with van der Waals surface area (Å²) in [5.74, 6) is 0.371. The molecule has 1 saturated carbocycles. The molecule has 13 heavy (non-hydrogen) atoms. The van der Waals surface area contributed by atoms with Crippen LogP contribution in [0.25, 0.3) is 0 Å². The van der Waals surface area contributed by atoms with E-state index in [4.69, 9.17) is 0 Å². The van der Waals surface area contributed by atoms with Crippen LogP contribution in [0.2, 0.25) is 0 Å². The molecule has 0 aliphatic heterocycles. The van der Waals surface area contributed by atoms with Gasteiger partial charge in [0.05, 0.1) is 0 Å². The third kappa shape index (κ3) is 3.57. The van der Waals surface area contributed by atoms with Gasteiger partial charge in [-0.2, -0.15) is 0 Å². The van der Waals surface area contributed by atoms with Crippen LogP contribution in [0.15, 0.2) is 0 Å². The van der Waals surface area contributed by atoms with Gasteiger partial charge in [-0.3, -0.25) is 9.59 Å². The quantitative estimate of drug-likeness (QED) is 0.719. The van der Waals surface area contributed by atoms with Gasteiger partial charge in [0.15, 0.2) is 0 Å². The van der Waals surface area contributed by atoms with E-state index < -0.39 is 0 Å². The van der Waals surface area contributed by atoms with E-state index in [1.54, 1.807) is 0 Å². The number of carbonyl (C=O) groups is 2. The van der Waals surface area contributed by atoms with Crippen molar-refractivity contribution in [3.63, 3.8) is 0 Å². The average molecular weight is 183 g/mol. The molecule has 0 bridgehead atoms. The minimum Gasteiger partial charge on any atom is -0.353 e. The maximum Gasteiger partial charge on any atom is 0.220 e. The van der Waals surface area contributed by atoms with Crippen molar-refractivity contribution < 1.29 is 9.59 Å². The van der Waals surface area contributed by atoms with Gasteiger partial charge in [0, 0.05) is 25.3 Å². The maximum absolute atomic E-state index is 11.2. The van der Waals surface area contributed by atoms with Gasteiger partial charge in [0.25, 0.3) is 0 Å². The van der Waals surface area contributed by atoms with Crippen molar-refractivity contribution >= 4 is 11.7 Å². The summed E-state index contributed by atoms with van der Waals surface area (Å²) in [5, 5.41) is 2.89. The van der Waals surface area contributed by atoms with E-state index in [1.165, 1.54) is 0 Å². The molecule has 0 heterocycles. The fourth-order valence-electron chi connectivity index (χ4n) is 1.67. The molecule has 1 N–H and O–H groups in total. The van der Waals surface area contributed by atoms with E-state index in [0.717, 1.165) is 19.3 Å². The molecule has 1 fully saturated rings. The van der Waals surface area contributed by atoms with Gasteiger partial charge in [-0.05, 0) is 19.3 Å². The predicted molar refractivity (Wildman–Crippen MR) is 50.3 cm³/mol. The number of nitrogens with one attached hydrogen (secondary N) is 1. The van der Waals surface area contributed by atoms with Crippen molar-refractivity contribution in [3.05, 3.63) is 0 Å². The fraction of sp³-hybridized carbons (Fsp3) is 0.800. The van der Waals surface area contributed by atoms with Gasteiger partial charge in [-0.15, -0.1) is 0 Å². The summed E-state index contributed by atoms with van der Waals surface area (Å²) in [7, 11) is 0. The van der Waals surface area contributed by atoms with Gasteiger partial charge in [-0.25, -0.2) is 0 Å². The Bertz CT molecular complexity index is 201. The van der Waals surface area contributed by atoms with Crippen molar-refractivity contribution in [1.29, 1.82) is 0 Å². The summed E-state index contributed by atoms with van der Waals surface area (Å²) in [5.41, 5.74) is 0. The molecule has 0 aromatic carbocycles. The lowest BCUT2D eigenvalue weighted by atomic mass is 9.94. The van der Waals surface area contributed by atoms with Crippen molar-refractivity contribution in [1.82, 2.24) is 5.32 Å². The smallest absolute Gasteiger partial charge is 0.220 e. The standard InChI is InChI=1S/C10H17NO2/c1-2-4-10(13)11-8-5-3-6-9(12)7-8/h8H,2-7H2,1H3,(H,11,13). The second-order valence-corrected chi connectivity index (χ2v) is 3.65. The Morgan fingerprint density at radius 1 is 1.62 bits per heavy atom. The van der Waals surface area contributed by atoms with Crippen LogP contribution in [0.1, 0.15) is 45.4 Å². The van der Waals surface area contributed by atoms with E-state index >= 15 is 0 Å². The summed E-state index contributed by atoms with van der Waals surface area (Å²) in [4.78, 5) is 22.3. The number of hydrogen-bond donors (Lipinski definition) is 1. The van der Waals surface area contributed by atoms with Crippen LogP contribution >= 0.6 is 0 Å². The summed E-state index contributed by atoms with van der Waals surface area (Å²) in [6, 6.07) is 0.111. The van der Waals surface area contributed by atoms with Gasteiger partial charge < -0.3 is 5.32 Å². The first kappa shape index (κ1) is 10.2. The number of rotatable bonds is 3. The topological polar surface area (TPSA) is 46.2 Å². The second kappa shape index (κ2) is 5.00. The number of carbonyl (C=O) groups excluding carboxylic acids is 2. The molecule has 74 valence electrons. The number of Topliss-reactive ketones (excluding diaryl/α,β-unsaturated/α-hetero) is 1. The zero-order valence-electron chi connectivity index (χ0n) is 8.14. The van der Waals surface area contributed by atoms with Crippen LogP contribution in [-0.4, -0.2) is 17.7 Å². The monoisotopic (exact) mass is 183 g/mol. The van der Waals surface area contributed by atoms with Gasteiger partial charge in [0.2, 0.25) is 5.91 Å². The lowest BCUT2D eigenvalue weighted by Crippen LogP contribution is -2.38. The molecule has 3 heteroatoms. The van der Waals surface area contributed by atoms with E-state index in [0.29, 0.717) is 19.3 Å². The second-order valence-electron chi connectivity index (χ2n) is 3.65. The molecule has 1 aliphatic rings. The molecule has 0 aromatic rings. The minimum atomic E-state index is 0.0854. The molecule has 0 aromatic heterocycles. The first-order chi connectivity index (χ1) is 6.22. The maximum atomic E-state index is 11.2. The molecule has 0 saturated heterocycles. The lowest BCUT2D eigenvalue weighted by Gasteiger charge is -2.21. The molecule has 1 amide bonds. The highest BCUT2D eigenvalue weighted by Gasteiger charge is 2.20. The van der Waals surface area contributed by atoms with E-state index in [1.807, 2.05) is 6.92 Å². The molecule has 3 nitrogen and oxygen atoms in total. The Morgan fingerprint density at radius 3 is 3.00 bits per heavy atom.